The zero-order chi connectivity index (χ0) is 19.2. The molecule has 0 aromatic rings. The van der Waals surface area contributed by atoms with Crippen LogP contribution in [0.25, 0.3) is 0 Å². The second-order valence-electron chi connectivity index (χ2n) is 6.40. The molecule has 0 radical (unpaired) electrons. The third-order valence-corrected chi connectivity index (χ3v) is 4.93. The second-order valence-corrected chi connectivity index (χ2v) is 6.40. The minimum absolute atomic E-state index is 0.658. The van der Waals surface area contributed by atoms with E-state index < -0.39 is 78.7 Å². The van der Waals surface area contributed by atoms with E-state index in [2.05, 4.69) is 0 Å². The molecule has 3 heterocycles. The minimum Gasteiger partial charge on any atom is -0.394 e. The Morgan fingerprint density at radius 2 is 1.35 bits per heavy atom. The molecular formula is C14H21N2O10+. The van der Waals surface area contributed by atoms with Gasteiger partial charge in [-0.15, -0.1) is 0 Å². The van der Waals surface area contributed by atoms with Gasteiger partial charge in [0.05, 0.1) is 19.3 Å². The first-order valence-corrected chi connectivity index (χ1v) is 7.95. The van der Waals surface area contributed by atoms with Crippen molar-refractivity contribution in [1.82, 2.24) is 5.32 Å². The number of quaternary nitrogens is 1. The van der Waals surface area contributed by atoms with Crippen molar-refractivity contribution in [2.45, 2.75) is 49.1 Å². The summed E-state index contributed by atoms with van der Waals surface area (Å²) in [7, 11) is 0. The Labute approximate surface area is 147 Å². The fourth-order valence-electron chi connectivity index (χ4n) is 3.51. The van der Waals surface area contributed by atoms with Crippen molar-refractivity contribution in [3.05, 3.63) is 12.3 Å². The lowest BCUT2D eigenvalue weighted by Gasteiger charge is -2.42. The summed E-state index contributed by atoms with van der Waals surface area (Å²) in [5.74, 6) is -0.762. The summed E-state index contributed by atoms with van der Waals surface area (Å²) in [6, 6.07) is -1.04. The molecule has 3 aliphatic rings. The van der Waals surface area contributed by atoms with Crippen molar-refractivity contribution in [3.8, 4) is 0 Å². The van der Waals surface area contributed by atoms with Gasteiger partial charge in [0.1, 0.15) is 30.6 Å². The van der Waals surface area contributed by atoms with Crippen LogP contribution in [0.1, 0.15) is 0 Å². The predicted octanol–water partition coefficient (Wildman–Crippen LogP) is -4.56. The van der Waals surface area contributed by atoms with Crippen LogP contribution in [0, 0.1) is 0 Å². The van der Waals surface area contributed by atoms with Gasteiger partial charge in [0.15, 0.2) is 12.2 Å². The second kappa shape index (κ2) is 6.92. The maximum Gasteiger partial charge on any atom is 0.432 e. The van der Waals surface area contributed by atoms with Gasteiger partial charge in [-0.2, -0.15) is 4.48 Å². The van der Waals surface area contributed by atoms with Crippen LogP contribution in [0.4, 0.5) is 4.79 Å². The van der Waals surface area contributed by atoms with Crippen molar-refractivity contribution >= 4 is 11.9 Å². The van der Waals surface area contributed by atoms with E-state index >= 15 is 0 Å². The van der Waals surface area contributed by atoms with Gasteiger partial charge in [-0.05, 0) is 0 Å². The first-order chi connectivity index (χ1) is 12.3. The number of aliphatic hydroxyl groups is 6. The van der Waals surface area contributed by atoms with E-state index in [9.17, 15) is 40.2 Å². The molecule has 3 aliphatic heterocycles. The van der Waals surface area contributed by atoms with Crippen LogP contribution >= 0.6 is 0 Å². The van der Waals surface area contributed by atoms with E-state index in [0.29, 0.717) is 0 Å². The van der Waals surface area contributed by atoms with E-state index in [1.54, 1.807) is 0 Å². The molecule has 146 valence electrons. The van der Waals surface area contributed by atoms with Crippen LogP contribution in [0.3, 0.4) is 0 Å². The quantitative estimate of drug-likeness (QED) is 0.235. The molecule has 7 N–H and O–H groups in total. The number of amides is 3. The number of imide groups is 1. The molecule has 0 aromatic heterocycles. The average molecular weight is 377 g/mol. The van der Waals surface area contributed by atoms with Gasteiger partial charge >= 0.3 is 6.03 Å². The van der Waals surface area contributed by atoms with Gasteiger partial charge in [-0.3, -0.25) is 4.79 Å². The highest BCUT2D eigenvalue weighted by Gasteiger charge is 2.66. The van der Waals surface area contributed by atoms with E-state index in [1.165, 1.54) is 0 Å². The molecule has 0 aromatic carbocycles. The highest BCUT2D eigenvalue weighted by atomic mass is 16.6. The highest BCUT2D eigenvalue weighted by molar-refractivity contribution is 6.00. The van der Waals surface area contributed by atoms with Crippen LogP contribution in [0.15, 0.2) is 12.3 Å². The fourth-order valence-corrected chi connectivity index (χ4v) is 3.51. The molecule has 2 unspecified atom stereocenters. The van der Waals surface area contributed by atoms with Crippen LogP contribution < -0.4 is 5.32 Å². The molecule has 2 fully saturated rings. The van der Waals surface area contributed by atoms with Crippen molar-refractivity contribution in [2.75, 3.05) is 13.2 Å². The van der Waals surface area contributed by atoms with E-state index in [-0.39, 0.29) is 0 Å². The smallest absolute Gasteiger partial charge is 0.394 e. The number of hydrogen-bond donors (Lipinski definition) is 7. The molecule has 26 heavy (non-hydrogen) atoms. The Balaban J connectivity index is 2.06. The highest BCUT2D eigenvalue weighted by Crippen LogP contribution is 2.39. The Kier molecular flexibility index (Phi) is 5.13. The first-order valence-electron chi connectivity index (χ1n) is 7.95. The van der Waals surface area contributed by atoms with Crippen LogP contribution in [0.2, 0.25) is 0 Å². The predicted molar refractivity (Wildman–Crippen MR) is 78.5 cm³/mol. The summed E-state index contributed by atoms with van der Waals surface area (Å²) in [5, 5.41) is 61.3. The number of carbonyl (C=O) groups is 2. The summed E-state index contributed by atoms with van der Waals surface area (Å²) in [5.41, 5.74) is 0. The summed E-state index contributed by atoms with van der Waals surface area (Å²) in [4.78, 5) is 24.2. The Morgan fingerprint density at radius 3 is 1.69 bits per heavy atom. The Bertz CT molecular complexity index is 583. The Hall–Kier alpha value is -1.48. The lowest BCUT2D eigenvalue weighted by molar-refractivity contribution is -0.904. The number of rotatable bonds is 4. The number of nitrogens with one attached hydrogen (secondary N) is 1. The third kappa shape index (κ3) is 2.67. The van der Waals surface area contributed by atoms with Crippen molar-refractivity contribution in [1.29, 1.82) is 0 Å². The largest absolute Gasteiger partial charge is 0.432 e. The molecule has 9 atom stereocenters. The van der Waals surface area contributed by atoms with Gasteiger partial charge in [-0.1, -0.05) is 0 Å². The Morgan fingerprint density at radius 1 is 0.885 bits per heavy atom. The van der Waals surface area contributed by atoms with Gasteiger partial charge < -0.3 is 40.1 Å². The molecule has 12 nitrogen and oxygen atoms in total. The number of urea groups is 1. The number of ether oxygens (including phenoxy) is 2. The molecular weight excluding hydrogens is 356 g/mol. The molecule has 12 heteroatoms. The standard InChI is InChI=1S/C14H20N2O10/c17-3-5-8(20)10(22)12(25-5)16(2-1-7(19)15-14(16)24)13-11(23)9(21)6(4-18)26-13/h1-2,5-6,8-13,17-18,20-23H,3-4H2/p+1/t5-,6-,8-,9-,10-,11+,12-,13?,16?/m1/s1. The number of nitrogens with zero attached hydrogens (tertiary/aromatic N) is 1. The monoisotopic (exact) mass is 377 g/mol. The maximum atomic E-state index is 12.7. The first kappa shape index (κ1) is 19.3. The SMILES string of the molecule is O=C1C=C[N+](C2O[C@H](CO)[C@@H](O)[C@@H]2O)([C@@H]2O[C@H](CO)[C@@H](O)[C@H]2O)C(=O)N1. The summed E-state index contributed by atoms with van der Waals surface area (Å²) < 4.78 is 9.69. The molecule has 3 rings (SSSR count). The van der Waals surface area contributed by atoms with Crippen LogP contribution in [-0.4, -0.2) is 109 Å². The van der Waals surface area contributed by atoms with Gasteiger partial charge in [0.2, 0.25) is 12.5 Å². The zero-order valence-corrected chi connectivity index (χ0v) is 13.5. The normalized spacial score (nSPS) is 48.8. The summed E-state index contributed by atoms with van der Waals surface area (Å²) in [6.07, 6.45) is -10.1. The number of hydrogen-bond acceptors (Lipinski definition) is 10. The van der Waals surface area contributed by atoms with E-state index in [1.807, 2.05) is 5.32 Å². The average Bonchev–Trinajstić information content (AvgIpc) is 3.07. The summed E-state index contributed by atoms with van der Waals surface area (Å²) in [6.45, 7) is -1.32. The van der Waals surface area contributed by atoms with E-state index in [4.69, 9.17) is 9.47 Å². The van der Waals surface area contributed by atoms with Gasteiger partial charge in [0.25, 0.3) is 5.91 Å². The van der Waals surface area contributed by atoms with Crippen molar-refractivity contribution in [2.24, 2.45) is 0 Å². The van der Waals surface area contributed by atoms with Gasteiger partial charge in [-0.25, -0.2) is 10.1 Å². The molecule has 2 saturated heterocycles. The lowest BCUT2D eigenvalue weighted by atomic mass is 10.1. The maximum absolute atomic E-state index is 12.7. The van der Waals surface area contributed by atoms with E-state index in [0.717, 1.165) is 12.3 Å². The van der Waals surface area contributed by atoms with Crippen molar-refractivity contribution < 1.29 is 54.2 Å². The van der Waals surface area contributed by atoms with Crippen molar-refractivity contribution in [3.63, 3.8) is 0 Å². The van der Waals surface area contributed by atoms with Crippen LogP contribution in [-0.2, 0) is 14.3 Å². The number of carbonyl (C=O) groups excluding carboxylic acids is 2. The molecule has 3 amide bonds. The third-order valence-electron chi connectivity index (χ3n) is 4.93. The topological polar surface area (TPSA) is 186 Å². The lowest BCUT2D eigenvalue weighted by Crippen LogP contribution is -2.71. The van der Waals surface area contributed by atoms with Crippen LogP contribution in [0.5, 0.6) is 0 Å². The molecule has 0 aliphatic carbocycles. The number of aliphatic hydroxyl groups excluding tert-OH is 6. The van der Waals surface area contributed by atoms with Gasteiger partial charge in [0, 0.05) is 0 Å². The fraction of sp³-hybridized carbons (Fsp3) is 0.714. The molecule has 0 bridgehead atoms. The summed E-state index contributed by atoms with van der Waals surface area (Å²) >= 11 is 0. The minimum atomic E-state index is -1.68. The molecule has 0 spiro atoms. The molecule has 0 saturated carbocycles. The zero-order valence-electron chi connectivity index (χ0n) is 13.5.